The van der Waals surface area contributed by atoms with Gasteiger partial charge in [-0.1, -0.05) is 48.5 Å². The fourth-order valence-corrected chi connectivity index (χ4v) is 7.77. The molecular formula is C35H34ClFN6O2. The number of fused-ring (bicyclic) bond motifs is 3. The van der Waals surface area contributed by atoms with E-state index >= 15 is 0 Å². The van der Waals surface area contributed by atoms with Crippen molar-refractivity contribution in [3.63, 3.8) is 0 Å². The minimum atomic E-state index is -0.465. The largest absolute Gasteiger partial charge is 0.461 e. The fourth-order valence-electron chi connectivity index (χ4n) is 7.49. The molecule has 0 saturated carbocycles. The van der Waals surface area contributed by atoms with E-state index in [-0.39, 0.29) is 29.1 Å². The summed E-state index contributed by atoms with van der Waals surface area (Å²) in [5.74, 6) is 0.0658. The zero-order valence-electron chi connectivity index (χ0n) is 25.0. The van der Waals surface area contributed by atoms with Gasteiger partial charge in [0.2, 0.25) is 12.5 Å². The summed E-state index contributed by atoms with van der Waals surface area (Å²) in [4.78, 5) is 32.5. The van der Waals surface area contributed by atoms with E-state index in [9.17, 15) is 9.18 Å². The van der Waals surface area contributed by atoms with Gasteiger partial charge in [0.25, 0.3) is 0 Å². The second kappa shape index (κ2) is 11.9. The standard InChI is InChI=1S/C35H34ClFN6O2/c1-3-30(44)43-18-17-41(21-25(43)20-38-2)33-27-11-9-24(26-8-4-7-23-10-12-28(37)32(36)31(23)26)19-29(27)39-34(40-33)45-22-35-13-5-15-42(35)16-6-14-35/h3-4,7-12,19,25H,1,5-6,13-18,20-22H2/t25-/m0/s1. The summed E-state index contributed by atoms with van der Waals surface area (Å²) in [5, 5.41) is 2.41. The quantitative estimate of drug-likeness (QED) is 0.176. The van der Waals surface area contributed by atoms with Gasteiger partial charge in [-0.2, -0.15) is 9.97 Å². The number of amides is 1. The maximum atomic E-state index is 14.6. The van der Waals surface area contributed by atoms with Crippen LogP contribution in [0.1, 0.15) is 25.7 Å². The van der Waals surface area contributed by atoms with Crippen molar-refractivity contribution in [2.45, 2.75) is 37.3 Å². The molecule has 3 saturated heterocycles. The Bertz CT molecular complexity index is 1850. The number of aromatic nitrogens is 2. The number of hydrogen-bond donors (Lipinski definition) is 0. The minimum absolute atomic E-state index is 0.0293. The van der Waals surface area contributed by atoms with Crippen LogP contribution < -0.4 is 9.64 Å². The summed E-state index contributed by atoms with van der Waals surface area (Å²) in [6.45, 7) is 15.5. The van der Waals surface area contributed by atoms with E-state index < -0.39 is 5.82 Å². The van der Waals surface area contributed by atoms with Crippen molar-refractivity contribution in [3.05, 3.63) is 83.4 Å². The van der Waals surface area contributed by atoms with Gasteiger partial charge >= 0.3 is 6.01 Å². The number of carbonyl (C=O) groups is 1. The highest BCUT2D eigenvalue weighted by molar-refractivity contribution is 6.36. The second-order valence-corrected chi connectivity index (χ2v) is 12.6. The highest BCUT2D eigenvalue weighted by Gasteiger charge is 2.45. The number of ether oxygens (including phenoxy) is 1. The highest BCUT2D eigenvalue weighted by atomic mass is 35.5. The van der Waals surface area contributed by atoms with Crippen LogP contribution in [0.4, 0.5) is 10.2 Å². The Kier molecular flexibility index (Phi) is 7.80. The second-order valence-electron chi connectivity index (χ2n) is 12.2. The maximum absolute atomic E-state index is 14.6. The molecule has 1 aromatic heterocycles. The molecule has 3 fully saturated rings. The Balaban J connectivity index is 1.31. The van der Waals surface area contributed by atoms with Gasteiger partial charge in [0.1, 0.15) is 24.3 Å². The lowest BCUT2D eigenvalue weighted by Crippen LogP contribution is -2.56. The van der Waals surface area contributed by atoms with Gasteiger partial charge in [-0.25, -0.2) is 11.0 Å². The monoisotopic (exact) mass is 624 g/mol. The van der Waals surface area contributed by atoms with E-state index in [1.807, 2.05) is 36.4 Å². The Hall–Kier alpha value is -4.26. The molecule has 3 aromatic carbocycles. The molecule has 0 bridgehead atoms. The van der Waals surface area contributed by atoms with Gasteiger partial charge in [0, 0.05) is 30.4 Å². The molecule has 230 valence electrons. The Morgan fingerprint density at radius 1 is 1.13 bits per heavy atom. The molecule has 0 N–H and O–H groups in total. The molecule has 0 unspecified atom stereocenters. The van der Waals surface area contributed by atoms with E-state index in [1.165, 1.54) is 25.0 Å². The number of piperazine rings is 1. The molecule has 0 radical (unpaired) electrons. The summed E-state index contributed by atoms with van der Waals surface area (Å²) >= 11 is 6.50. The molecule has 0 aliphatic carbocycles. The highest BCUT2D eigenvalue weighted by Crippen LogP contribution is 2.40. The summed E-state index contributed by atoms with van der Waals surface area (Å²) in [7, 11) is 0. The lowest BCUT2D eigenvalue weighted by molar-refractivity contribution is -0.128. The normalized spacial score (nSPS) is 19.5. The summed E-state index contributed by atoms with van der Waals surface area (Å²) in [6.07, 6.45) is 5.85. The van der Waals surface area contributed by atoms with Gasteiger partial charge in [-0.3, -0.25) is 9.69 Å². The molecule has 45 heavy (non-hydrogen) atoms. The molecular weight excluding hydrogens is 591 g/mol. The molecule has 7 rings (SSSR count). The summed E-state index contributed by atoms with van der Waals surface area (Å²) < 4.78 is 21.0. The predicted octanol–water partition coefficient (Wildman–Crippen LogP) is 6.37. The number of hydrogen-bond acceptors (Lipinski definition) is 6. The van der Waals surface area contributed by atoms with Crippen LogP contribution in [-0.2, 0) is 4.79 Å². The first-order valence-electron chi connectivity index (χ1n) is 15.5. The molecule has 4 heterocycles. The van der Waals surface area contributed by atoms with Crippen molar-refractivity contribution in [1.29, 1.82) is 0 Å². The Morgan fingerprint density at radius 3 is 2.73 bits per heavy atom. The molecule has 3 aliphatic rings. The lowest BCUT2D eigenvalue weighted by Gasteiger charge is -2.39. The van der Waals surface area contributed by atoms with Gasteiger partial charge in [0.05, 0.1) is 16.1 Å². The zero-order chi connectivity index (χ0) is 31.1. The number of anilines is 1. The third-order valence-electron chi connectivity index (χ3n) is 9.73. The van der Waals surface area contributed by atoms with Crippen molar-refractivity contribution in [2.75, 3.05) is 50.8 Å². The van der Waals surface area contributed by atoms with Gasteiger partial charge in [-0.05, 0) is 79.6 Å². The summed E-state index contributed by atoms with van der Waals surface area (Å²) in [5.41, 5.74) is 2.37. The maximum Gasteiger partial charge on any atom is 0.319 e. The fraction of sp³-hybridized carbons (Fsp3) is 0.371. The predicted molar refractivity (Wildman–Crippen MR) is 175 cm³/mol. The number of nitrogens with zero attached hydrogens (tertiary/aromatic N) is 6. The third-order valence-corrected chi connectivity index (χ3v) is 10.1. The van der Waals surface area contributed by atoms with Crippen LogP contribution in [0.5, 0.6) is 6.01 Å². The van der Waals surface area contributed by atoms with Crippen LogP contribution in [0.3, 0.4) is 0 Å². The van der Waals surface area contributed by atoms with Crippen molar-refractivity contribution < 1.29 is 13.9 Å². The van der Waals surface area contributed by atoms with E-state index in [4.69, 9.17) is 32.9 Å². The van der Waals surface area contributed by atoms with Crippen LogP contribution >= 0.6 is 11.6 Å². The Labute approximate surface area is 266 Å². The van der Waals surface area contributed by atoms with Crippen molar-refractivity contribution >= 4 is 45.0 Å². The molecule has 1 atom stereocenters. The van der Waals surface area contributed by atoms with E-state index in [0.29, 0.717) is 49.0 Å². The van der Waals surface area contributed by atoms with E-state index in [2.05, 4.69) is 21.2 Å². The van der Waals surface area contributed by atoms with E-state index in [0.717, 1.165) is 47.8 Å². The van der Waals surface area contributed by atoms with Crippen LogP contribution in [0.25, 0.3) is 37.6 Å². The molecule has 8 nitrogen and oxygen atoms in total. The first-order valence-corrected chi connectivity index (χ1v) is 15.9. The average molecular weight is 625 g/mol. The topological polar surface area (TPSA) is 66.2 Å². The average Bonchev–Trinajstić information content (AvgIpc) is 3.65. The molecule has 1 amide bonds. The molecule has 0 spiro atoms. The van der Waals surface area contributed by atoms with Crippen molar-refractivity contribution in [3.8, 4) is 17.1 Å². The molecule has 4 aromatic rings. The Morgan fingerprint density at radius 2 is 1.96 bits per heavy atom. The molecule has 10 heteroatoms. The number of benzene rings is 3. The van der Waals surface area contributed by atoms with Crippen LogP contribution in [-0.4, -0.2) is 83.1 Å². The van der Waals surface area contributed by atoms with Gasteiger partial charge < -0.3 is 19.4 Å². The van der Waals surface area contributed by atoms with Crippen LogP contribution in [0, 0.1) is 12.4 Å². The van der Waals surface area contributed by atoms with Crippen LogP contribution in [0.2, 0.25) is 5.02 Å². The van der Waals surface area contributed by atoms with E-state index in [1.54, 1.807) is 11.0 Å². The minimum Gasteiger partial charge on any atom is -0.461 e. The van der Waals surface area contributed by atoms with Crippen molar-refractivity contribution in [2.24, 2.45) is 0 Å². The summed E-state index contributed by atoms with van der Waals surface area (Å²) in [6, 6.07) is 14.9. The zero-order valence-corrected chi connectivity index (χ0v) is 25.8. The number of halogens is 2. The smallest absolute Gasteiger partial charge is 0.319 e. The molecule has 3 aliphatic heterocycles. The van der Waals surface area contributed by atoms with Gasteiger partial charge in [-0.15, -0.1) is 0 Å². The third kappa shape index (κ3) is 5.26. The van der Waals surface area contributed by atoms with Gasteiger partial charge in [0.15, 0.2) is 0 Å². The SMILES string of the molecule is [C-]#[N+]C[C@H]1CN(c2nc(OCC34CCCN3CCC4)nc3cc(-c4cccc5ccc(F)c(Cl)c45)ccc23)CCN1C(=O)C=C. The van der Waals surface area contributed by atoms with Crippen molar-refractivity contribution in [1.82, 2.24) is 19.8 Å². The first-order chi connectivity index (χ1) is 21.9. The lowest BCUT2D eigenvalue weighted by atomic mass is 9.95. The first kappa shape index (κ1) is 29.5. The number of rotatable bonds is 7. The number of carbonyl (C=O) groups excluding carboxylic acids is 1. The van der Waals surface area contributed by atoms with Crippen LogP contribution in [0.15, 0.2) is 61.2 Å².